The van der Waals surface area contributed by atoms with Crippen LogP contribution in [0.15, 0.2) is 12.3 Å². The minimum Gasteiger partial charge on any atom is -0.465 e. The monoisotopic (exact) mass is 277 g/mol. The van der Waals surface area contributed by atoms with Crippen molar-refractivity contribution >= 4 is 17.5 Å². The standard InChI is InChI=1S/C15H23N3O2/c1-9-4-5-13(10(2)6-9)18-14-7-11(15(19)20-3)12(16)8-17-14/h7-10,13H,4-6,16H2,1-3H3,(H,17,18). The first kappa shape index (κ1) is 14.6. The van der Waals surface area contributed by atoms with E-state index in [2.05, 4.69) is 24.1 Å². The molecule has 2 rings (SSSR count). The highest BCUT2D eigenvalue weighted by molar-refractivity contribution is 5.95. The van der Waals surface area contributed by atoms with Gasteiger partial charge in [0.25, 0.3) is 0 Å². The molecule has 20 heavy (non-hydrogen) atoms. The van der Waals surface area contributed by atoms with Crippen molar-refractivity contribution in [3.8, 4) is 0 Å². The van der Waals surface area contributed by atoms with Crippen molar-refractivity contribution in [3.05, 3.63) is 17.8 Å². The van der Waals surface area contributed by atoms with Gasteiger partial charge in [0.2, 0.25) is 0 Å². The van der Waals surface area contributed by atoms with Crippen molar-refractivity contribution in [2.45, 2.75) is 39.2 Å². The zero-order chi connectivity index (χ0) is 14.7. The van der Waals surface area contributed by atoms with Crippen LogP contribution in [0.2, 0.25) is 0 Å². The summed E-state index contributed by atoms with van der Waals surface area (Å²) in [7, 11) is 1.35. The summed E-state index contributed by atoms with van der Waals surface area (Å²) in [5.41, 5.74) is 6.46. The van der Waals surface area contributed by atoms with Crippen LogP contribution in [-0.2, 0) is 4.74 Å². The number of anilines is 2. The number of nitrogens with one attached hydrogen (secondary N) is 1. The van der Waals surface area contributed by atoms with Crippen molar-refractivity contribution in [3.63, 3.8) is 0 Å². The van der Waals surface area contributed by atoms with Crippen LogP contribution in [0, 0.1) is 11.8 Å². The first-order chi connectivity index (χ1) is 9.51. The van der Waals surface area contributed by atoms with Crippen molar-refractivity contribution in [2.75, 3.05) is 18.2 Å². The lowest BCUT2D eigenvalue weighted by Gasteiger charge is -2.33. The fourth-order valence-electron chi connectivity index (χ4n) is 2.90. The molecular weight excluding hydrogens is 254 g/mol. The predicted octanol–water partition coefficient (Wildman–Crippen LogP) is 2.69. The van der Waals surface area contributed by atoms with E-state index in [-0.39, 0.29) is 0 Å². The molecule has 0 aliphatic heterocycles. The second-order valence-corrected chi connectivity index (χ2v) is 5.79. The summed E-state index contributed by atoms with van der Waals surface area (Å²) in [6.07, 6.45) is 5.07. The fraction of sp³-hybridized carbons (Fsp3) is 0.600. The lowest BCUT2D eigenvalue weighted by atomic mass is 9.80. The molecule has 110 valence electrons. The number of nitrogens with two attached hydrogens (primary N) is 1. The number of pyridine rings is 1. The highest BCUT2D eigenvalue weighted by Crippen LogP contribution is 2.30. The molecule has 0 amide bonds. The third-order valence-corrected chi connectivity index (χ3v) is 4.10. The first-order valence-corrected chi connectivity index (χ1v) is 7.11. The number of rotatable bonds is 3. The van der Waals surface area contributed by atoms with Gasteiger partial charge >= 0.3 is 5.97 Å². The molecule has 5 nitrogen and oxygen atoms in total. The summed E-state index contributed by atoms with van der Waals surface area (Å²) in [6, 6.07) is 2.07. The minimum atomic E-state index is -0.432. The molecule has 0 bridgehead atoms. The molecule has 3 atom stereocenters. The Labute approximate surface area is 119 Å². The Kier molecular flexibility index (Phi) is 4.47. The summed E-state index contributed by atoms with van der Waals surface area (Å²) in [5.74, 6) is 1.64. The molecule has 1 fully saturated rings. The van der Waals surface area contributed by atoms with E-state index in [1.165, 1.54) is 26.1 Å². The van der Waals surface area contributed by atoms with Gasteiger partial charge in [-0.1, -0.05) is 13.8 Å². The Morgan fingerprint density at radius 1 is 1.45 bits per heavy atom. The molecule has 0 spiro atoms. The maximum absolute atomic E-state index is 11.6. The Bertz CT molecular complexity index is 490. The normalized spacial score (nSPS) is 26.1. The van der Waals surface area contributed by atoms with Gasteiger partial charge in [0.05, 0.1) is 24.6 Å². The Balaban J connectivity index is 2.12. The number of hydrogen-bond acceptors (Lipinski definition) is 5. The Morgan fingerprint density at radius 2 is 2.20 bits per heavy atom. The average Bonchev–Trinajstić information content (AvgIpc) is 2.43. The summed E-state index contributed by atoms with van der Waals surface area (Å²) in [6.45, 7) is 4.55. The first-order valence-electron chi connectivity index (χ1n) is 7.11. The van der Waals surface area contributed by atoms with Gasteiger partial charge in [-0.3, -0.25) is 0 Å². The maximum Gasteiger partial charge on any atom is 0.340 e. The van der Waals surface area contributed by atoms with E-state index in [1.807, 2.05) is 0 Å². The third kappa shape index (κ3) is 3.21. The number of hydrogen-bond donors (Lipinski definition) is 2. The number of methoxy groups -OCH3 is 1. The number of esters is 1. The molecule has 3 N–H and O–H groups in total. The minimum absolute atomic E-state index is 0.340. The molecule has 1 saturated carbocycles. The van der Waals surface area contributed by atoms with E-state index in [4.69, 9.17) is 10.5 Å². The summed E-state index contributed by atoms with van der Waals surface area (Å²) >= 11 is 0. The quantitative estimate of drug-likeness (QED) is 0.831. The Hall–Kier alpha value is -1.78. The van der Waals surface area contributed by atoms with Gasteiger partial charge in [-0.25, -0.2) is 9.78 Å². The Morgan fingerprint density at radius 3 is 2.85 bits per heavy atom. The fourth-order valence-corrected chi connectivity index (χ4v) is 2.90. The van der Waals surface area contributed by atoms with Gasteiger partial charge in [-0.15, -0.1) is 0 Å². The van der Waals surface area contributed by atoms with Crippen LogP contribution < -0.4 is 11.1 Å². The molecular formula is C15H23N3O2. The molecule has 1 aromatic heterocycles. The summed E-state index contributed by atoms with van der Waals surface area (Å²) in [5, 5.41) is 3.42. The number of carbonyl (C=O) groups excluding carboxylic acids is 1. The zero-order valence-electron chi connectivity index (χ0n) is 12.3. The molecule has 1 heterocycles. The highest BCUT2D eigenvalue weighted by atomic mass is 16.5. The average molecular weight is 277 g/mol. The van der Waals surface area contributed by atoms with Crippen LogP contribution in [0.3, 0.4) is 0 Å². The van der Waals surface area contributed by atoms with E-state index < -0.39 is 5.97 Å². The van der Waals surface area contributed by atoms with E-state index >= 15 is 0 Å². The molecule has 0 aromatic carbocycles. The van der Waals surface area contributed by atoms with Crippen LogP contribution in [0.5, 0.6) is 0 Å². The van der Waals surface area contributed by atoms with Gasteiger partial charge in [0.1, 0.15) is 5.82 Å². The van der Waals surface area contributed by atoms with Gasteiger partial charge in [0, 0.05) is 6.04 Å². The van der Waals surface area contributed by atoms with Gasteiger partial charge in [-0.05, 0) is 37.2 Å². The van der Waals surface area contributed by atoms with Gasteiger partial charge in [-0.2, -0.15) is 0 Å². The lowest BCUT2D eigenvalue weighted by molar-refractivity contribution is 0.0602. The third-order valence-electron chi connectivity index (χ3n) is 4.10. The lowest BCUT2D eigenvalue weighted by Crippen LogP contribution is -2.33. The van der Waals surface area contributed by atoms with Crippen LogP contribution >= 0.6 is 0 Å². The largest absolute Gasteiger partial charge is 0.465 e. The SMILES string of the molecule is COC(=O)c1cc(NC2CCC(C)CC2C)ncc1N. The number of nitrogen functional groups attached to an aromatic ring is 1. The van der Waals surface area contributed by atoms with Crippen molar-refractivity contribution in [1.29, 1.82) is 0 Å². The van der Waals surface area contributed by atoms with E-state index in [0.717, 1.165) is 12.3 Å². The number of nitrogens with zero attached hydrogens (tertiary/aromatic N) is 1. The molecule has 0 radical (unpaired) electrons. The molecule has 1 aliphatic carbocycles. The molecule has 0 saturated heterocycles. The summed E-state index contributed by atoms with van der Waals surface area (Å²) < 4.78 is 4.72. The number of carbonyl (C=O) groups is 1. The van der Waals surface area contributed by atoms with E-state index in [1.54, 1.807) is 6.07 Å². The maximum atomic E-state index is 11.6. The second-order valence-electron chi connectivity index (χ2n) is 5.79. The van der Waals surface area contributed by atoms with Gasteiger partial charge in [0.15, 0.2) is 0 Å². The van der Waals surface area contributed by atoms with Crippen LogP contribution in [0.4, 0.5) is 11.5 Å². The molecule has 3 unspecified atom stereocenters. The number of aromatic nitrogens is 1. The summed E-state index contributed by atoms with van der Waals surface area (Å²) in [4.78, 5) is 15.9. The topological polar surface area (TPSA) is 77.2 Å². The van der Waals surface area contributed by atoms with Crippen LogP contribution in [0.25, 0.3) is 0 Å². The van der Waals surface area contributed by atoms with Crippen molar-refractivity contribution < 1.29 is 9.53 Å². The highest BCUT2D eigenvalue weighted by Gasteiger charge is 2.25. The van der Waals surface area contributed by atoms with Crippen LogP contribution in [0.1, 0.15) is 43.5 Å². The smallest absolute Gasteiger partial charge is 0.340 e. The molecule has 5 heteroatoms. The predicted molar refractivity (Wildman–Crippen MR) is 79.6 cm³/mol. The van der Waals surface area contributed by atoms with Crippen LogP contribution in [-0.4, -0.2) is 24.1 Å². The zero-order valence-corrected chi connectivity index (χ0v) is 12.3. The molecule has 1 aliphatic rings. The van der Waals surface area contributed by atoms with E-state index in [0.29, 0.717) is 29.0 Å². The van der Waals surface area contributed by atoms with Crippen molar-refractivity contribution in [1.82, 2.24) is 4.98 Å². The van der Waals surface area contributed by atoms with E-state index in [9.17, 15) is 4.79 Å². The molecule has 1 aromatic rings. The van der Waals surface area contributed by atoms with Gasteiger partial charge < -0.3 is 15.8 Å². The van der Waals surface area contributed by atoms with Crippen molar-refractivity contribution in [2.24, 2.45) is 11.8 Å². The second kappa shape index (κ2) is 6.11. The number of ether oxygens (including phenoxy) is 1.